The third-order valence-corrected chi connectivity index (χ3v) is 4.17. The molecule has 1 fully saturated rings. The monoisotopic (exact) mass is 242 g/mol. The zero-order valence-corrected chi connectivity index (χ0v) is 12.3. The van der Waals surface area contributed by atoms with Gasteiger partial charge in [-0.2, -0.15) is 0 Å². The maximum atomic E-state index is 5.73. The van der Waals surface area contributed by atoms with Gasteiger partial charge in [0.05, 0.1) is 6.10 Å². The smallest absolute Gasteiger partial charge is 0.0702 e. The topological polar surface area (TPSA) is 24.5 Å². The summed E-state index contributed by atoms with van der Waals surface area (Å²) in [4.78, 5) is 2.53. The lowest BCUT2D eigenvalue weighted by molar-refractivity contribution is 0.0560. The molecule has 2 unspecified atom stereocenters. The van der Waals surface area contributed by atoms with Crippen LogP contribution in [0, 0.1) is 5.41 Å². The number of nitrogens with one attached hydrogen (secondary N) is 1. The molecular weight excluding hydrogens is 212 g/mol. The van der Waals surface area contributed by atoms with Crippen LogP contribution >= 0.6 is 0 Å². The molecule has 0 aromatic carbocycles. The SMILES string of the molecule is CCN(CC1CCCO1)CC(C)(C)C(C)NC. The van der Waals surface area contributed by atoms with Crippen molar-refractivity contribution in [2.45, 2.75) is 52.7 Å². The van der Waals surface area contributed by atoms with E-state index in [4.69, 9.17) is 4.74 Å². The first-order chi connectivity index (χ1) is 7.99. The number of hydrogen-bond donors (Lipinski definition) is 1. The van der Waals surface area contributed by atoms with Gasteiger partial charge in [0.2, 0.25) is 0 Å². The Hall–Kier alpha value is -0.120. The standard InChI is InChI=1S/C14H30N2O/c1-6-16(10-13-8-7-9-17-13)11-14(3,4)12(2)15-5/h12-13,15H,6-11H2,1-5H3. The summed E-state index contributed by atoms with van der Waals surface area (Å²) >= 11 is 0. The van der Waals surface area contributed by atoms with Gasteiger partial charge in [-0.3, -0.25) is 0 Å². The van der Waals surface area contributed by atoms with Crippen molar-refractivity contribution < 1.29 is 4.74 Å². The molecule has 17 heavy (non-hydrogen) atoms. The van der Waals surface area contributed by atoms with Gasteiger partial charge in [-0.1, -0.05) is 20.8 Å². The van der Waals surface area contributed by atoms with Gasteiger partial charge in [0.25, 0.3) is 0 Å². The van der Waals surface area contributed by atoms with Crippen molar-refractivity contribution in [2.75, 3.05) is 33.3 Å². The molecule has 1 aliphatic heterocycles. The van der Waals surface area contributed by atoms with Crippen molar-refractivity contribution >= 4 is 0 Å². The van der Waals surface area contributed by atoms with Gasteiger partial charge in [0.15, 0.2) is 0 Å². The molecule has 3 heteroatoms. The fourth-order valence-electron chi connectivity index (χ4n) is 2.49. The Morgan fingerprint density at radius 2 is 2.18 bits per heavy atom. The van der Waals surface area contributed by atoms with Crippen LogP contribution in [0.3, 0.4) is 0 Å². The molecule has 1 rings (SSSR count). The van der Waals surface area contributed by atoms with Crippen LogP contribution in [-0.2, 0) is 4.74 Å². The molecule has 102 valence electrons. The summed E-state index contributed by atoms with van der Waals surface area (Å²) in [5, 5.41) is 3.37. The molecule has 0 amide bonds. The van der Waals surface area contributed by atoms with Gasteiger partial charge in [-0.25, -0.2) is 0 Å². The van der Waals surface area contributed by atoms with Crippen LogP contribution in [0.4, 0.5) is 0 Å². The van der Waals surface area contributed by atoms with E-state index >= 15 is 0 Å². The van der Waals surface area contributed by atoms with Crippen LogP contribution in [0.15, 0.2) is 0 Å². The summed E-state index contributed by atoms with van der Waals surface area (Å²) in [6.07, 6.45) is 2.94. The van der Waals surface area contributed by atoms with E-state index in [1.807, 2.05) is 7.05 Å². The van der Waals surface area contributed by atoms with Crippen molar-refractivity contribution in [2.24, 2.45) is 5.41 Å². The van der Waals surface area contributed by atoms with Crippen LogP contribution in [0.2, 0.25) is 0 Å². The summed E-state index contributed by atoms with van der Waals surface area (Å²) in [6.45, 7) is 13.5. The van der Waals surface area contributed by atoms with E-state index in [9.17, 15) is 0 Å². The van der Waals surface area contributed by atoms with Crippen molar-refractivity contribution in [3.05, 3.63) is 0 Å². The lowest BCUT2D eigenvalue weighted by Gasteiger charge is -2.37. The van der Waals surface area contributed by atoms with Crippen molar-refractivity contribution in [3.63, 3.8) is 0 Å². The minimum absolute atomic E-state index is 0.295. The highest BCUT2D eigenvalue weighted by molar-refractivity contribution is 4.84. The molecule has 0 aromatic rings. The van der Waals surface area contributed by atoms with Crippen LogP contribution in [0.1, 0.15) is 40.5 Å². The molecule has 0 aromatic heterocycles. The molecule has 3 nitrogen and oxygen atoms in total. The highest BCUT2D eigenvalue weighted by atomic mass is 16.5. The second kappa shape index (κ2) is 6.72. The van der Waals surface area contributed by atoms with E-state index in [1.165, 1.54) is 12.8 Å². The van der Waals surface area contributed by atoms with Crippen LogP contribution in [0.25, 0.3) is 0 Å². The largest absolute Gasteiger partial charge is 0.377 e. The Balaban J connectivity index is 2.44. The summed E-state index contributed by atoms with van der Waals surface area (Å²) in [7, 11) is 2.04. The van der Waals surface area contributed by atoms with E-state index in [2.05, 4.69) is 37.9 Å². The van der Waals surface area contributed by atoms with Gasteiger partial charge < -0.3 is 15.0 Å². The Morgan fingerprint density at radius 1 is 1.47 bits per heavy atom. The lowest BCUT2D eigenvalue weighted by Crippen LogP contribution is -2.47. The number of hydrogen-bond acceptors (Lipinski definition) is 3. The zero-order chi connectivity index (χ0) is 12.9. The molecule has 0 aliphatic carbocycles. The molecule has 0 radical (unpaired) electrons. The molecule has 0 spiro atoms. The van der Waals surface area contributed by atoms with Crippen LogP contribution < -0.4 is 5.32 Å². The lowest BCUT2D eigenvalue weighted by atomic mass is 9.84. The van der Waals surface area contributed by atoms with E-state index in [0.717, 1.165) is 26.2 Å². The van der Waals surface area contributed by atoms with Crippen LogP contribution in [-0.4, -0.2) is 50.3 Å². The van der Waals surface area contributed by atoms with Crippen molar-refractivity contribution in [3.8, 4) is 0 Å². The Morgan fingerprint density at radius 3 is 2.65 bits per heavy atom. The van der Waals surface area contributed by atoms with Gasteiger partial charge in [0.1, 0.15) is 0 Å². The first kappa shape index (κ1) is 14.9. The molecule has 1 aliphatic rings. The average molecular weight is 242 g/mol. The van der Waals surface area contributed by atoms with Crippen molar-refractivity contribution in [1.29, 1.82) is 0 Å². The Bertz CT molecular complexity index is 212. The highest BCUT2D eigenvalue weighted by Gasteiger charge is 2.28. The molecule has 2 atom stereocenters. The van der Waals surface area contributed by atoms with E-state index in [0.29, 0.717) is 17.6 Å². The maximum Gasteiger partial charge on any atom is 0.0702 e. The molecule has 1 saturated heterocycles. The minimum Gasteiger partial charge on any atom is -0.377 e. The zero-order valence-electron chi connectivity index (χ0n) is 12.3. The quantitative estimate of drug-likeness (QED) is 0.740. The molecule has 0 bridgehead atoms. The fourth-order valence-corrected chi connectivity index (χ4v) is 2.49. The van der Waals surface area contributed by atoms with Gasteiger partial charge in [0, 0.05) is 25.7 Å². The molecule has 0 saturated carbocycles. The number of ether oxygens (including phenoxy) is 1. The predicted molar refractivity (Wildman–Crippen MR) is 73.4 cm³/mol. The summed E-state index contributed by atoms with van der Waals surface area (Å²) in [5.41, 5.74) is 0.295. The highest BCUT2D eigenvalue weighted by Crippen LogP contribution is 2.23. The van der Waals surface area contributed by atoms with Gasteiger partial charge in [-0.15, -0.1) is 0 Å². The van der Waals surface area contributed by atoms with E-state index < -0.39 is 0 Å². The van der Waals surface area contributed by atoms with Crippen molar-refractivity contribution in [1.82, 2.24) is 10.2 Å². The first-order valence-corrected chi connectivity index (χ1v) is 7.00. The third kappa shape index (κ3) is 4.57. The second-order valence-electron chi connectivity index (χ2n) is 5.96. The first-order valence-electron chi connectivity index (χ1n) is 7.00. The average Bonchev–Trinajstić information content (AvgIpc) is 2.79. The molecule has 1 heterocycles. The molecule has 1 N–H and O–H groups in total. The number of rotatable bonds is 7. The summed E-state index contributed by atoms with van der Waals surface area (Å²) in [6, 6.07) is 0.529. The van der Waals surface area contributed by atoms with Crippen LogP contribution in [0.5, 0.6) is 0 Å². The summed E-state index contributed by atoms with van der Waals surface area (Å²) in [5.74, 6) is 0. The second-order valence-corrected chi connectivity index (χ2v) is 5.96. The Kier molecular flexibility index (Phi) is 5.90. The summed E-state index contributed by atoms with van der Waals surface area (Å²) < 4.78 is 5.73. The van der Waals surface area contributed by atoms with E-state index in [-0.39, 0.29) is 0 Å². The maximum absolute atomic E-state index is 5.73. The number of likely N-dealkylation sites (N-methyl/N-ethyl adjacent to an activating group) is 1. The van der Waals surface area contributed by atoms with Gasteiger partial charge >= 0.3 is 0 Å². The van der Waals surface area contributed by atoms with Gasteiger partial charge in [-0.05, 0) is 38.8 Å². The number of nitrogens with zero attached hydrogens (tertiary/aromatic N) is 1. The Labute approximate surface area is 107 Å². The normalized spacial score (nSPS) is 23.3. The van der Waals surface area contributed by atoms with E-state index in [1.54, 1.807) is 0 Å². The third-order valence-electron chi connectivity index (χ3n) is 4.17. The predicted octanol–water partition coefficient (Wildman–Crippen LogP) is 2.12. The minimum atomic E-state index is 0.295. The fraction of sp³-hybridized carbons (Fsp3) is 1.00. The molecular formula is C14H30N2O.